The summed E-state index contributed by atoms with van der Waals surface area (Å²) >= 11 is 22.6. The van der Waals surface area contributed by atoms with Gasteiger partial charge in [-0.05, 0) is 12.3 Å². The highest BCUT2D eigenvalue weighted by Gasteiger charge is 2.53. The topological polar surface area (TPSA) is 0 Å². The minimum Gasteiger partial charge on any atom is -0.113 e. The van der Waals surface area contributed by atoms with E-state index in [9.17, 15) is 0 Å². The van der Waals surface area contributed by atoms with E-state index in [-0.39, 0.29) is 4.49 Å². The van der Waals surface area contributed by atoms with Crippen LogP contribution in [-0.4, -0.2) is 4.87 Å². The molecule has 2 unspecified atom stereocenters. The van der Waals surface area contributed by atoms with E-state index in [0.29, 0.717) is 11.0 Å². The van der Waals surface area contributed by atoms with Gasteiger partial charge in [-0.2, -0.15) is 0 Å². The Labute approximate surface area is 80.1 Å². The molecule has 0 bridgehead atoms. The number of hydrogen-bond acceptors (Lipinski definition) is 0. The zero-order chi connectivity index (χ0) is 7.94. The van der Waals surface area contributed by atoms with E-state index in [0.717, 1.165) is 6.42 Å². The summed E-state index contributed by atoms with van der Waals surface area (Å²) in [5.74, 6) is 0.383. The van der Waals surface area contributed by atoms with Gasteiger partial charge in [0.25, 0.3) is 0 Å². The Morgan fingerprint density at radius 1 is 1.40 bits per heavy atom. The van der Waals surface area contributed by atoms with E-state index in [1.54, 1.807) is 0 Å². The average molecular weight is 220 g/mol. The summed E-state index contributed by atoms with van der Waals surface area (Å²) in [5, 5.41) is 0.380. The van der Waals surface area contributed by atoms with Gasteiger partial charge in [-0.1, -0.05) is 41.7 Å². The Balaban J connectivity index is 2.77. The van der Waals surface area contributed by atoms with Crippen LogP contribution in [0.25, 0.3) is 0 Å². The fourth-order valence-corrected chi connectivity index (χ4v) is 1.87. The van der Waals surface area contributed by atoms with Gasteiger partial charge in [-0.3, -0.25) is 0 Å². The standard InChI is InChI=1S/C6H6Cl4/c1-3-2-6(3,10)4(7)5(8)9/h3H,2H2,1H3. The van der Waals surface area contributed by atoms with Crippen molar-refractivity contribution in [3.05, 3.63) is 9.52 Å². The van der Waals surface area contributed by atoms with Crippen molar-refractivity contribution >= 4 is 46.4 Å². The molecule has 1 rings (SSSR count). The van der Waals surface area contributed by atoms with E-state index in [1.807, 2.05) is 6.92 Å². The van der Waals surface area contributed by atoms with Crippen LogP contribution in [0.2, 0.25) is 0 Å². The number of alkyl halides is 1. The van der Waals surface area contributed by atoms with Gasteiger partial charge in [0.1, 0.15) is 4.49 Å². The summed E-state index contributed by atoms with van der Waals surface area (Å²) in [6.07, 6.45) is 0.857. The first-order chi connectivity index (χ1) is 4.48. The van der Waals surface area contributed by atoms with Crippen LogP contribution in [0.15, 0.2) is 9.52 Å². The highest BCUT2D eigenvalue weighted by Crippen LogP contribution is 2.57. The molecule has 2 atom stereocenters. The van der Waals surface area contributed by atoms with Crippen LogP contribution in [0.1, 0.15) is 13.3 Å². The van der Waals surface area contributed by atoms with Crippen LogP contribution in [0.5, 0.6) is 0 Å². The summed E-state index contributed by atoms with van der Waals surface area (Å²) in [6.45, 7) is 2.01. The maximum Gasteiger partial charge on any atom is 0.123 e. The van der Waals surface area contributed by atoms with E-state index in [2.05, 4.69) is 0 Å². The Morgan fingerprint density at radius 2 is 1.80 bits per heavy atom. The second-order valence-electron chi connectivity index (χ2n) is 2.54. The lowest BCUT2D eigenvalue weighted by Crippen LogP contribution is -2.00. The van der Waals surface area contributed by atoms with Crippen LogP contribution in [-0.2, 0) is 0 Å². The normalized spacial score (nSPS) is 37.5. The molecule has 0 aromatic rings. The molecule has 0 amide bonds. The van der Waals surface area contributed by atoms with Crippen LogP contribution in [0.4, 0.5) is 0 Å². The lowest BCUT2D eigenvalue weighted by Gasteiger charge is -2.04. The molecule has 0 heterocycles. The Kier molecular flexibility index (Phi) is 2.47. The molecule has 0 aliphatic heterocycles. The smallest absolute Gasteiger partial charge is 0.113 e. The molecule has 0 aromatic heterocycles. The first kappa shape index (κ1) is 8.99. The van der Waals surface area contributed by atoms with Crippen LogP contribution in [0.3, 0.4) is 0 Å². The van der Waals surface area contributed by atoms with Gasteiger partial charge in [0.2, 0.25) is 0 Å². The fraction of sp³-hybridized carbons (Fsp3) is 0.667. The van der Waals surface area contributed by atoms with Crippen molar-refractivity contribution < 1.29 is 0 Å². The van der Waals surface area contributed by atoms with E-state index in [1.165, 1.54) is 0 Å². The monoisotopic (exact) mass is 218 g/mol. The molecule has 0 spiro atoms. The predicted octanol–water partition coefficient (Wildman–Crippen LogP) is 3.89. The van der Waals surface area contributed by atoms with Gasteiger partial charge in [0, 0.05) is 0 Å². The average Bonchev–Trinajstić information content (AvgIpc) is 2.41. The van der Waals surface area contributed by atoms with E-state index < -0.39 is 4.87 Å². The van der Waals surface area contributed by atoms with Crippen LogP contribution < -0.4 is 0 Å². The van der Waals surface area contributed by atoms with Gasteiger partial charge in [-0.15, -0.1) is 11.6 Å². The molecule has 0 N–H and O–H groups in total. The summed E-state index contributed by atoms with van der Waals surface area (Å²) in [4.78, 5) is -0.458. The van der Waals surface area contributed by atoms with Crippen molar-refractivity contribution in [2.75, 3.05) is 0 Å². The third kappa shape index (κ3) is 1.40. The molecule has 1 saturated carbocycles. The van der Waals surface area contributed by atoms with Gasteiger partial charge >= 0.3 is 0 Å². The van der Waals surface area contributed by atoms with E-state index >= 15 is 0 Å². The quantitative estimate of drug-likeness (QED) is 0.588. The van der Waals surface area contributed by atoms with Crippen LogP contribution >= 0.6 is 46.4 Å². The molecule has 10 heavy (non-hydrogen) atoms. The third-order valence-electron chi connectivity index (χ3n) is 1.76. The van der Waals surface area contributed by atoms with Crippen LogP contribution in [0, 0.1) is 5.92 Å². The molecule has 4 heteroatoms. The second-order valence-corrected chi connectivity index (χ2v) is 4.54. The number of rotatable bonds is 1. The molecule has 58 valence electrons. The second kappa shape index (κ2) is 2.75. The maximum absolute atomic E-state index is 5.98. The Morgan fingerprint density at radius 3 is 1.90 bits per heavy atom. The minimum absolute atomic E-state index is 0.0843. The van der Waals surface area contributed by atoms with Crippen molar-refractivity contribution in [3.63, 3.8) is 0 Å². The summed E-state index contributed by atoms with van der Waals surface area (Å²) in [7, 11) is 0. The van der Waals surface area contributed by atoms with Gasteiger partial charge in [-0.25, -0.2) is 0 Å². The molecule has 1 aliphatic rings. The lowest BCUT2D eigenvalue weighted by atomic mass is 10.3. The molecule has 0 saturated heterocycles. The highest BCUT2D eigenvalue weighted by molar-refractivity contribution is 6.60. The molecule has 0 nitrogen and oxygen atoms in total. The Hall–Kier alpha value is 0.900. The third-order valence-corrected chi connectivity index (χ3v) is 3.67. The molecule has 0 radical (unpaired) electrons. The Bertz CT molecular complexity index is 182. The van der Waals surface area contributed by atoms with Gasteiger partial charge < -0.3 is 0 Å². The van der Waals surface area contributed by atoms with E-state index in [4.69, 9.17) is 46.4 Å². The maximum atomic E-state index is 5.98. The predicted molar refractivity (Wildman–Crippen MR) is 47.0 cm³/mol. The molecular formula is C6H6Cl4. The SMILES string of the molecule is CC1CC1(Cl)C(Cl)=C(Cl)Cl. The zero-order valence-electron chi connectivity index (χ0n) is 5.30. The number of allylic oxidation sites excluding steroid dienone is 1. The number of hydrogen-bond donors (Lipinski definition) is 0. The molecule has 1 fully saturated rings. The van der Waals surface area contributed by atoms with Crippen molar-refractivity contribution in [2.24, 2.45) is 5.92 Å². The van der Waals surface area contributed by atoms with Crippen molar-refractivity contribution in [1.82, 2.24) is 0 Å². The minimum atomic E-state index is -0.458. The number of halogens is 4. The van der Waals surface area contributed by atoms with Crippen molar-refractivity contribution in [2.45, 2.75) is 18.2 Å². The summed E-state index contributed by atoms with van der Waals surface area (Å²) < 4.78 is 0.0843. The zero-order valence-corrected chi connectivity index (χ0v) is 8.32. The lowest BCUT2D eigenvalue weighted by molar-refractivity contribution is 0.914. The summed E-state index contributed by atoms with van der Waals surface area (Å²) in [5.41, 5.74) is 0. The molecular weight excluding hydrogens is 214 g/mol. The first-order valence-corrected chi connectivity index (χ1v) is 4.40. The largest absolute Gasteiger partial charge is 0.123 e. The van der Waals surface area contributed by atoms with Gasteiger partial charge in [0.05, 0.1) is 9.91 Å². The van der Waals surface area contributed by atoms with Crippen molar-refractivity contribution in [1.29, 1.82) is 0 Å². The molecule has 1 aliphatic carbocycles. The highest BCUT2D eigenvalue weighted by atomic mass is 35.5. The first-order valence-electron chi connectivity index (χ1n) is 2.88. The van der Waals surface area contributed by atoms with Crippen molar-refractivity contribution in [3.8, 4) is 0 Å². The van der Waals surface area contributed by atoms with Gasteiger partial charge in [0.15, 0.2) is 0 Å². The fourth-order valence-electron chi connectivity index (χ4n) is 0.850. The summed E-state index contributed by atoms with van der Waals surface area (Å²) in [6, 6.07) is 0. The molecule has 0 aromatic carbocycles.